The van der Waals surface area contributed by atoms with Gasteiger partial charge in [-0.25, -0.2) is 4.99 Å². The molecule has 0 amide bonds. The van der Waals surface area contributed by atoms with Crippen LogP contribution in [0.1, 0.15) is 36.8 Å². The summed E-state index contributed by atoms with van der Waals surface area (Å²) in [6, 6.07) is 17.1. The molecule has 8 nitrogen and oxygen atoms in total. The molecule has 1 aromatic carbocycles. The van der Waals surface area contributed by atoms with Gasteiger partial charge >= 0.3 is 0 Å². The van der Waals surface area contributed by atoms with Gasteiger partial charge in [-0.15, -0.1) is 10.2 Å². The summed E-state index contributed by atoms with van der Waals surface area (Å²) in [6.45, 7) is 7.39. The molecule has 1 fully saturated rings. The van der Waals surface area contributed by atoms with E-state index in [0.29, 0.717) is 12.6 Å². The molecule has 0 atom stereocenters. The van der Waals surface area contributed by atoms with Crippen LogP contribution in [0.5, 0.6) is 0 Å². The van der Waals surface area contributed by atoms with Gasteiger partial charge < -0.3 is 15.2 Å². The Morgan fingerprint density at radius 1 is 1.09 bits per heavy atom. The van der Waals surface area contributed by atoms with Gasteiger partial charge in [0.15, 0.2) is 5.96 Å². The first kappa shape index (κ1) is 22.9. The molecule has 0 radical (unpaired) electrons. The number of pyridine rings is 1. The number of nitrogens with one attached hydrogen (secondary N) is 2. The van der Waals surface area contributed by atoms with Gasteiger partial charge in [-0.1, -0.05) is 43.3 Å². The Hall–Kier alpha value is -3.26. The second-order valence-electron chi connectivity index (χ2n) is 8.39. The van der Waals surface area contributed by atoms with Gasteiger partial charge in [-0.3, -0.25) is 9.88 Å². The maximum atomic E-state index is 4.81. The van der Waals surface area contributed by atoms with E-state index in [1.54, 1.807) is 6.33 Å². The zero-order valence-electron chi connectivity index (χ0n) is 19.4. The average Bonchev–Trinajstić information content (AvgIpc) is 3.32. The number of hydrogen-bond donors (Lipinski definition) is 2. The van der Waals surface area contributed by atoms with Crippen molar-refractivity contribution in [2.24, 2.45) is 4.99 Å². The maximum Gasteiger partial charge on any atom is 0.191 e. The molecule has 1 saturated heterocycles. The number of piperidine rings is 1. The van der Waals surface area contributed by atoms with Crippen molar-refractivity contribution in [1.29, 1.82) is 0 Å². The van der Waals surface area contributed by atoms with E-state index >= 15 is 0 Å². The molecule has 1 aliphatic heterocycles. The smallest absolute Gasteiger partial charge is 0.191 e. The Bertz CT molecular complexity index is 978. The first-order chi connectivity index (χ1) is 16.3. The van der Waals surface area contributed by atoms with E-state index in [2.05, 4.69) is 72.5 Å². The molecule has 0 aliphatic carbocycles. The second-order valence-corrected chi connectivity index (χ2v) is 8.39. The lowest BCUT2D eigenvalue weighted by molar-refractivity contribution is 0.198. The fraction of sp³-hybridized carbons (Fsp3) is 0.440. The van der Waals surface area contributed by atoms with Crippen LogP contribution in [-0.2, 0) is 26.1 Å². The minimum Gasteiger partial charge on any atom is -0.355 e. The van der Waals surface area contributed by atoms with Gasteiger partial charge in [0, 0.05) is 51.4 Å². The van der Waals surface area contributed by atoms with E-state index in [9.17, 15) is 0 Å². The number of hydrogen-bond acceptors (Lipinski definition) is 5. The Morgan fingerprint density at radius 2 is 1.91 bits per heavy atom. The molecule has 2 N–H and O–H groups in total. The molecule has 2 aromatic heterocycles. The van der Waals surface area contributed by atoms with Crippen molar-refractivity contribution in [2.45, 2.75) is 51.9 Å². The zero-order valence-corrected chi connectivity index (χ0v) is 19.4. The van der Waals surface area contributed by atoms with Crippen molar-refractivity contribution in [3.05, 3.63) is 78.1 Å². The van der Waals surface area contributed by atoms with Crippen LogP contribution in [-0.4, -0.2) is 56.3 Å². The van der Waals surface area contributed by atoms with Gasteiger partial charge in [-0.2, -0.15) is 0 Å². The molecule has 1 aliphatic rings. The summed E-state index contributed by atoms with van der Waals surface area (Å²) in [6.07, 6.45) is 6.68. The summed E-state index contributed by atoms with van der Waals surface area (Å²) in [5.74, 6) is 1.84. The predicted molar refractivity (Wildman–Crippen MR) is 131 cm³/mol. The predicted octanol–water partition coefficient (Wildman–Crippen LogP) is 2.64. The van der Waals surface area contributed by atoms with E-state index in [-0.39, 0.29) is 0 Å². The average molecular weight is 447 g/mol. The molecule has 33 heavy (non-hydrogen) atoms. The van der Waals surface area contributed by atoms with E-state index in [1.165, 1.54) is 5.56 Å². The molecule has 3 aromatic rings. The number of aryl methyl sites for hydroxylation is 1. The van der Waals surface area contributed by atoms with Gasteiger partial charge in [0.2, 0.25) is 0 Å². The minimum atomic E-state index is 0.410. The topological polar surface area (TPSA) is 83.3 Å². The Labute approximate surface area is 196 Å². The molecule has 8 heteroatoms. The third-order valence-electron chi connectivity index (χ3n) is 5.96. The summed E-state index contributed by atoms with van der Waals surface area (Å²) in [5.41, 5.74) is 2.34. The molecule has 0 bridgehead atoms. The molecule has 0 unspecified atom stereocenters. The Balaban J connectivity index is 1.31. The minimum absolute atomic E-state index is 0.410. The van der Waals surface area contributed by atoms with Gasteiger partial charge in [-0.05, 0) is 30.5 Å². The van der Waals surface area contributed by atoms with E-state index in [1.807, 2.05) is 24.4 Å². The number of aliphatic imine (C=N–C) groups is 1. The van der Waals surface area contributed by atoms with Crippen LogP contribution >= 0.6 is 0 Å². The fourth-order valence-electron chi connectivity index (χ4n) is 4.11. The van der Waals surface area contributed by atoms with Crippen molar-refractivity contribution in [1.82, 2.24) is 35.3 Å². The number of nitrogens with zero attached hydrogens (tertiary/aromatic N) is 6. The number of rotatable bonds is 9. The van der Waals surface area contributed by atoms with E-state index in [0.717, 1.165) is 69.5 Å². The summed E-state index contributed by atoms with van der Waals surface area (Å²) in [5, 5.41) is 15.4. The van der Waals surface area contributed by atoms with Crippen LogP contribution < -0.4 is 10.6 Å². The van der Waals surface area contributed by atoms with Crippen molar-refractivity contribution in [3.63, 3.8) is 0 Å². The SMILES string of the molecule is CCc1nncn1CCNC(=NCc1ccccn1)NC1CCN(Cc2ccccc2)CC1. The molecule has 174 valence electrons. The van der Waals surface area contributed by atoms with Crippen LogP contribution in [0.2, 0.25) is 0 Å². The van der Waals surface area contributed by atoms with Crippen LogP contribution in [0.15, 0.2) is 66.0 Å². The first-order valence-corrected chi connectivity index (χ1v) is 11.9. The monoisotopic (exact) mass is 446 g/mol. The number of benzene rings is 1. The molecule has 0 saturated carbocycles. The Kier molecular flexibility index (Phi) is 8.41. The third kappa shape index (κ3) is 7.12. The molecule has 3 heterocycles. The van der Waals surface area contributed by atoms with Crippen molar-refractivity contribution < 1.29 is 0 Å². The summed E-state index contributed by atoms with van der Waals surface area (Å²) >= 11 is 0. The third-order valence-corrected chi connectivity index (χ3v) is 5.96. The second kappa shape index (κ2) is 12.1. The van der Waals surface area contributed by atoms with Crippen molar-refractivity contribution in [3.8, 4) is 0 Å². The highest BCUT2D eigenvalue weighted by atomic mass is 15.3. The molecule has 0 spiro atoms. The van der Waals surface area contributed by atoms with Crippen LogP contribution in [0, 0.1) is 0 Å². The lowest BCUT2D eigenvalue weighted by Gasteiger charge is -2.33. The highest BCUT2D eigenvalue weighted by Gasteiger charge is 2.20. The first-order valence-electron chi connectivity index (χ1n) is 11.9. The molecule has 4 rings (SSSR count). The summed E-state index contributed by atoms with van der Waals surface area (Å²) < 4.78 is 2.09. The highest BCUT2D eigenvalue weighted by Crippen LogP contribution is 2.14. The molecular formula is C25H34N8. The largest absolute Gasteiger partial charge is 0.355 e. The van der Waals surface area contributed by atoms with Crippen molar-refractivity contribution >= 4 is 5.96 Å². The number of likely N-dealkylation sites (tertiary alicyclic amines) is 1. The maximum absolute atomic E-state index is 4.81. The van der Waals surface area contributed by atoms with Crippen LogP contribution in [0.3, 0.4) is 0 Å². The van der Waals surface area contributed by atoms with E-state index < -0.39 is 0 Å². The van der Waals surface area contributed by atoms with Gasteiger partial charge in [0.1, 0.15) is 12.2 Å². The standard InChI is InChI=1S/C25H34N8/c1-2-24-31-29-20-33(24)17-14-27-25(28-18-23-10-6-7-13-26-23)30-22-11-15-32(16-12-22)19-21-8-4-3-5-9-21/h3-10,13,20,22H,2,11-12,14-19H2,1H3,(H2,27,28,30). The summed E-state index contributed by atoms with van der Waals surface area (Å²) in [7, 11) is 0. The lowest BCUT2D eigenvalue weighted by Crippen LogP contribution is -2.49. The van der Waals surface area contributed by atoms with Gasteiger partial charge in [0.05, 0.1) is 12.2 Å². The van der Waals surface area contributed by atoms with Crippen molar-refractivity contribution in [2.75, 3.05) is 19.6 Å². The normalized spacial score (nSPS) is 15.5. The van der Waals surface area contributed by atoms with Gasteiger partial charge in [0.25, 0.3) is 0 Å². The molecular weight excluding hydrogens is 412 g/mol. The van der Waals surface area contributed by atoms with Crippen LogP contribution in [0.4, 0.5) is 0 Å². The van der Waals surface area contributed by atoms with E-state index in [4.69, 9.17) is 4.99 Å². The number of aromatic nitrogens is 4. The van der Waals surface area contributed by atoms with Crippen LogP contribution in [0.25, 0.3) is 0 Å². The quantitative estimate of drug-likeness (QED) is 0.388. The number of guanidine groups is 1. The zero-order chi connectivity index (χ0) is 22.7. The lowest BCUT2D eigenvalue weighted by atomic mass is 10.0. The Morgan fingerprint density at radius 3 is 2.67 bits per heavy atom. The fourth-order valence-corrected chi connectivity index (χ4v) is 4.11. The summed E-state index contributed by atoms with van der Waals surface area (Å²) in [4.78, 5) is 11.7. The highest BCUT2D eigenvalue weighted by molar-refractivity contribution is 5.80.